The van der Waals surface area contributed by atoms with Crippen LogP contribution < -0.4 is 10.4 Å². The Labute approximate surface area is 95.4 Å². The maximum atomic E-state index is 11.1. The van der Waals surface area contributed by atoms with E-state index in [1.807, 2.05) is 0 Å². The number of nitrogens with one attached hydrogen (secondary N) is 1. The maximum Gasteiger partial charge on any atom is 0.224 e. The van der Waals surface area contributed by atoms with E-state index in [9.17, 15) is 14.7 Å². The van der Waals surface area contributed by atoms with E-state index < -0.39 is 5.97 Å². The second-order valence-electron chi connectivity index (χ2n) is 2.88. The van der Waals surface area contributed by atoms with Crippen LogP contribution in [0.25, 0.3) is 0 Å². The van der Waals surface area contributed by atoms with Crippen LogP contribution in [0.2, 0.25) is 0 Å². The topological polar surface area (TPSA) is 69.2 Å². The van der Waals surface area contributed by atoms with Gasteiger partial charge in [0.25, 0.3) is 0 Å². The first-order chi connectivity index (χ1) is 7.04. The normalized spacial score (nSPS) is 9.73. The molecule has 1 aromatic rings. The van der Waals surface area contributed by atoms with Gasteiger partial charge in [-0.3, -0.25) is 4.79 Å². The van der Waals surface area contributed by atoms with Crippen molar-refractivity contribution in [1.82, 2.24) is 0 Å². The molecule has 5 heteroatoms. The Balaban J connectivity index is 3.06. The fraction of sp³-hybridized carbons (Fsp3) is 0.200. The molecule has 0 saturated heterocycles. The molecular formula is C10H9BrNO3-. The average molecular weight is 271 g/mol. The lowest BCUT2D eigenvalue weighted by Crippen LogP contribution is -2.24. The molecule has 80 valence electrons. The van der Waals surface area contributed by atoms with Crippen molar-refractivity contribution in [3.63, 3.8) is 0 Å². The molecule has 0 aromatic heterocycles. The molecule has 0 aliphatic carbocycles. The number of rotatable bonds is 3. The van der Waals surface area contributed by atoms with Gasteiger partial charge in [-0.25, -0.2) is 0 Å². The Hall–Kier alpha value is -1.36. The van der Waals surface area contributed by atoms with Crippen LogP contribution in [-0.4, -0.2) is 11.9 Å². The van der Waals surface area contributed by atoms with Crippen molar-refractivity contribution in [3.05, 3.63) is 28.2 Å². The summed E-state index contributed by atoms with van der Waals surface area (Å²) >= 11 is 3.14. The third-order valence-corrected chi connectivity index (χ3v) is 2.29. The summed E-state index contributed by atoms with van der Waals surface area (Å²) in [6.45, 7) is 1.69. The summed E-state index contributed by atoms with van der Waals surface area (Å²) < 4.78 is 0.621. The van der Waals surface area contributed by atoms with Gasteiger partial charge < -0.3 is 15.2 Å². The number of aromatic carboxylic acids is 1. The SMILES string of the molecule is CCC(=O)Nc1ccc(Br)cc1C(=O)[O-]. The number of halogens is 1. The molecule has 1 N–H and O–H groups in total. The zero-order valence-electron chi connectivity index (χ0n) is 8.04. The van der Waals surface area contributed by atoms with Gasteiger partial charge in [-0.15, -0.1) is 0 Å². The fourth-order valence-corrected chi connectivity index (χ4v) is 1.39. The van der Waals surface area contributed by atoms with Gasteiger partial charge >= 0.3 is 0 Å². The number of carboxylic acids is 1. The second-order valence-corrected chi connectivity index (χ2v) is 3.79. The van der Waals surface area contributed by atoms with Gasteiger partial charge in [0, 0.05) is 22.1 Å². The maximum absolute atomic E-state index is 11.1. The summed E-state index contributed by atoms with van der Waals surface area (Å²) in [5.74, 6) is -1.55. The largest absolute Gasteiger partial charge is 0.545 e. The molecule has 1 amide bonds. The van der Waals surface area contributed by atoms with Crippen LogP contribution in [0.1, 0.15) is 23.7 Å². The number of carbonyl (C=O) groups excluding carboxylic acids is 2. The highest BCUT2D eigenvalue weighted by molar-refractivity contribution is 9.10. The van der Waals surface area contributed by atoms with Gasteiger partial charge in [-0.05, 0) is 18.2 Å². The summed E-state index contributed by atoms with van der Waals surface area (Å²) in [5, 5.41) is 13.2. The van der Waals surface area contributed by atoms with Crippen molar-refractivity contribution in [3.8, 4) is 0 Å². The van der Waals surface area contributed by atoms with E-state index in [2.05, 4.69) is 21.2 Å². The van der Waals surface area contributed by atoms with Crippen LogP contribution in [-0.2, 0) is 4.79 Å². The molecule has 0 aliphatic heterocycles. The molecule has 0 radical (unpaired) electrons. The molecule has 0 bridgehead atoms. The van der Waals surface area contributed by atoms with Gasteiger partial charge in [-0.2, -0.15) is 0 Å². The van der Waals surface area contributed by atoms with Crippen molar-refractivity contribution in [2.75, 3.05) is 5.32 Å². The van der Waals surface area contributed by atoms with E-state index in [1.54, 1.807) is 13.0 Å². The smallest absolute Gasteiger partial charge is 0.224 e. The first kappa shape index (κ1) is 11.7. The van der Waals surface area contributed by atoms with Crippen LogP contribution in [0, 0.1) is 0 Å². The molecule has 0 aliphatic rings. The van der Waals surface area contributed by atoms with E-state index in [4.69, 9.17) is 0 Å². The molecule has 0 saturated carbocycles. The van der Waals surface area contributed by atoms with Crippen molar-refractivity contribution in [2.24, 2.45) is 0 Å². The molecule has 0 atom stereocenters. The average Bonchev–Trinajstić information content (AvgIpc) is 2.20. The van der Waals surface area contributed by atoms with Crippen LogP contribution in [0.5, 0.6) is 0 Å². The number of hydrogen-bond donors (Lipinski definition) is 1. The Kier molecular flexibility index (Phi) is 3.85. The summed E-state index contributed by atoms with van der Waals surface area (Å²) in [6, 6.07) is 4.56. The molecule has 4 nitrogen and oxygen atoms in total. The molecular weight excluding hydrogens is 262 g/mol. The second kappa shape index (κ2) is 4.93. The lowest BCUT2D eigenvalue weighted by Gasteiger charge is -2.11. The Morgan fingerprint density at radius 2 is 2.13 bits per heavy atom. The predicted octanol–water partition coefficient (Wildman–Crippen LogP) is 1.16. The first-order valence-electron chi connectivity index (χ1n) is 4.35. The van der Waals surface area contributed by atoms with E-state index in [0.717, 1.165) is 0 Å². The standard InChI is InChI=1S/C10H10BrNO3/c1-2-9(13)12-8-4-3-6(11)5-7(8)10(14)15/h3-5H,2H2,1H3,(H,12,13)(H,14,15)/p-1. The summed E-state index contributed by atoms with van der Waals surface area (Å²) in [5.41, 5.74) is 0.219. The molecule has 1 aromatic carbocycles. The lowest BCUT2D eigenvalue weighted by atomic mass is 10.2. The van der Waals surface area contributed by atoms with E-state index in [1.165, 1.54) is 12.1 Å². The number of anilines is 1. The van der Waals surface area contributed by atoms with Gasteiger partial charge in [0.2, 0.25) is 5.91 Å². The number of amides is 1. The van der Waals surface area contributed by atoms with Crippen LogP contribution in [0.4, 0.5) is 5.69 Å². The Morgan fingerprint density at radius 3 is 2.67 bits per heavy atom. The summed E-state index contributed by atoms with van der Waals surface area (Å²) in [6.07, 6.45) is 0.294. The molecule has 0 unspecified atom stereocenters. The number of benzene rings is 1. The zero-order valence-corrected chi connectivity index (χ0v) is 9.63. The van der Waals surface area contributed by atoms with Crippen LogP contribution in [0.3, 0.4) is 0 Å². The summed E-state index contributed by atoms with van der Waals surface area (Å²) in [7, 11) is 0. The molecule has 1 rings (SSSR count). The van der Waals surface area contributed by atoms with Gasteiger partial charge in [0.1, 0.15) is 0 Å². The Morgan fingerprint density at radius 1 is 1.47 bits per heavy atom. The molecule has 0 heterocycles. The minimum atomic E-state index is -1.32. The minimum Gasteiger partial charge on any atom is -0.545 e. The number of hydrogen-bond acceptors (Lipinski definition) is 3. The first-order valence-corrected chi connectivity index (χ1v) is 5.14. The van der Waals surface area contributed by atoms with Crippen molar-refractivity contribution in [2.45, 2.75) is 13.3 Å². The lowest BCUT2D eigenvalue weighted by molar-refractivity contribution is -0.254. The van der Waals surface area contributed by atoms with Gasteiger partial charge in [0.15, 0.2) is 0 Å². The summed E-state index contributed by atoms with van der Waals surface area (Å²) in [4.78, 5) is 21.9. The van der Waals surface area contributed by atoms with Crippen molar-refractivity contribution >= 4 is 33.5 Å². The monoisotopic (exact) mass is 270 g/mol. The third-order valence-electron chi connectivity index (χ3n) is 1.80. The molecule has 15 heavy (non-hydrogen) atoms. The van der Waals surface area contributed by atoms with E-state index >= 15 is 0 Å². The van der Waals surface area contributed by atoms with E-state index in [0.29, 0.717) is 10.9 Å². The van der Waals surface area contributed by atoms with Gasteiger partial charge in [-0.1, -0.05) is 22.9 Å². The Bertz CT molecular complexity index is 404. The quantitative estimate of drug-likeness (QED) is 0.896. The van der Waals surface area contributed by atoms with Gasteiger partial charge in [0.05, 0.1) is 5.97 Å². The van der Waals surface area contributed by atoms with E-state index in [-0.39, 0.29) is 17.2 Å². The number of carboxylic acid groups (broad SMARTS) is 1. The number of carbonyl (C=O) groups is 2. The fourth-order valence-electron chi connectivity index (χ4n) is 1.03. The highest BCUT2D eigenvalue weighted by Crippen LogP contribution is 2.20. The highest BCUT2D eigenvalue weighted by atomic mass is 79.9. The van der Waals surface area contributed by atoms with Crippen LogP contribution in [0.15, 0.2) is 22.7 Å². The minimum absolute atomic E-state index is 0.0359. The molecule has 0 fully saturated rings. The predicted molar refractivity (Wildman–Crippen MR) is 57.4 cm³/mol. The van der Waals surface area contributed by atoms with Crippen molar-refractivity contribution in [1.29, 1.82) is 0 Å². The van der Waals surface area contributed by atoms with Crippen molar-refractivity contribution < 1.29 is 14.7 Å². The third kappa shape index (κ3) is 3.06. The zero-order chi connectivity index (χ0) is 11.4. The molecule has 0 spiro atoms. The highest BCUT2D eigenvalue weighted by Gasteiger charge is 2.06. The van der Waals surface area contributed by atoms with Crippen LogP contribution >= 0.6 is 15.9 Å².